The van der Waals surface area contributed by atoms with Gasteiger partial charge in [0.15, 0.2) is 17.5 Å². The molecule has 1 aliphatic rings. The molecule has 2 aromatic rings. The van der Waals surface area contributed by atoms with Gasteiger partial charge in [-0.3, -0.25) is 19.4 Å². The van der Waals surface area contributed by atoms with Gasteiger partial charge in [-0.25, -0.2) is 13.2 Å². The minimum Gasteiger partial charge on any atom is -0.339 e. The average molecular weight is 448 g/mol. The summed E-state index contributed by atoms with van der Waals surface area (Å²) in [5.41, 5.74) is 2.07. The van der Waals surface area contributed by atoms with Gasteiger partial charge in [0, 0.05) is 32.7 Å². The van der Waals surface area contributed by atoms with Crippen LogP contribution in [0.2, 0.25) is 0 Å². The van der Waals surface area contributed by atoms with Crippen molar-refractivity contribution < 1.29 is 22.8 Å². The molecule has 1 saturated heterocycles. The van der Waals surface area contributed by atoms with Crippen LogP contribution in [0.15, 0.2) is 36.4 Å². The Morgan fingerprint density at radius 1 is 0.969 bits per heavy atom. The second-order valence-corrected chi connectivity index (χ2v) is 8.03. The van der Waals surface area contributed by atoms with Crippen molar-refractivity contribution in [2.45, 2.75) is 13.5 Å². The summed E-state index contributed by atoms with van der Waals surface area (Å²) in [6.07, 6.45) is 0. The van der Waals surface area contributed by atoms with E-state index in [0.717, 1.165) is 31.8 Å². The van der Waals surface area contributed by atoms with Crippen molar-refractivity contribution in [1.82, 2.24) is 14.7 Å². The average Bonchev–Trinajstić information content (AvgIpc) is 2.76. The standard InChI is InChI=1S/C23H27F3N4O2/c1-16-5-3-4-6-17(16)13-29-9-11-30(12-10-29)21(32)15-28(2)14-20(31)27-19-8-7-18(24)22(25)23(19)26/h3-8H,9-15H2,1-2H3,(H,27,31). The first-order valence-corrected chi connectivity index (χ1v) is 10.4. The van der Waals surface area contributed by atoms with E-state index in [0.29, 0.717) is 13.1 Å². The van der Waals surface area contributed by atoms with Crippen molar-refractivity contribution in [2.24, 2.45) is 0 Å². The molecule has 1 heterocycles. The molecule has 0 spiro atoms. The second kappa shape index (κ2) is 10.6. The van der Waals surface area contributed by atoms with Crippen LogP contribution in [0.4, 0.5) is 18.9 Å². The van der Waals surface area contributed by atoms with E-state index < -0.39 is 29.0 Å². The molecule has 2 amide bonds. The molecular weight excluding hydrogens is 421 g/mol. The molecular formula is C23H27F3N4O2. The van der Waals surface area contributed by atoms with Gasteiger partial charge < -0.3 is 10.2 Å². The summed E-state index contributed by atoms with van der Waals surface area (Å²) in [5.74, 6) is -5.17. The van der Waals surface area contributed by atoms with Crippen LogP contribution in [-0.4, -0.2) is 72.8 Å². The molecule has 1 fully saturated rings. The zero-order chi connectivity index (χ0) is 23.3. The molecule has 32 heavy (non-hydrogen) atoms. The molecule has 172 valence electrons. The van der Waals surface area contributed by atoms with Gasteiger partial charge in [-0.15, -0.1) is 0 Å². The summed E-state index contributed by atoms with van der Waals surface area (Å²) >= 11 is 0. The normalized spacial score (nSPS) is 14.6. The third-order valence-corrected chi connectivity index (χ3v) is 5.51. The Labute approximate surface area is 185 Å². The topological polar surface area (TPSA) is 55.9 Å². The highest BCUT2D eigenvalue weighted by Gasteiger charge is 2.23. The first-order chi connectivity index (χ1) is 15.2. The number of nitrogens with one attached hydrogen (secondary N) is 1. The number of benzene rings is 2. The number of nitrogens with zero attached hydrogens (tertiary/aromatic N) is 3. The van der Waals surface area contributed by atoms with E-state index in [1.165, 1.54) is 16.0 Å². The summed E-state index contributed by atoms with van der Waals surface area (Å²) in [6.45, 7) is 5.48. The molecule has 3 rings (SSSR count). The summed E-state index contributed by atoms with van der Waals surface area (Å²) in [4.78, 5) is 30.3. The number of likely N-dealkylation sites (N-methyl/N-ethyl adjacent to an activating group) is 1. The van der Waals surface area contributed by atoms with Crippen LogP contribution in [0, 0.1) is 24.4 Å². The molecule has 9 heteroatoms. The fourth-order valence-electron chi connectivity index (χ4n) is 3.63. The maximum Gasteiger partial charge on any atom is 0.238 e. The minimum absolute atomic E-state index is 0.0193. The van der Waals surface area contributed by atoms with Gasteiger partial charge in [-0.1, -0.05) is 24.3 Å². The van der Waals surface area contributed by atoms with Gasteiger partial charge in [0.25, 0.3) is 0 Å². The van der Waals surface area contributed by atoms with Crippen LogP contribution < -0.4 is 5.32 Å². The molecule has 0 unspecified atom stereocenters. The van der Waals surface area contributed by atoms with Crippen LogP contribution in [0.25, 0.3) is 0 Å². The summed E-state index contributed by atoms with van der Waals surface area (Å²) in [6, 6.07) is 9.92. The first kappa shape index (κ1) is 23.7. The Bertz CT molecular complexity index is 978. The second-order valence-electron chi connectivity index (χ2n) is 8.03. The minimum atomic E-state index is -1.65. The molecule has 1 N–H and O–H groups in total. The molecule has 0 aromatic heterocycles. The maximum absolute atomic E-state index is 13.7. The summed E-state index contributed by atoms with van der Waals surface area (Å²) < 4.78 is 40.0. The van der Waals surface area contributed by atoms with Gasteiger partial charge in [0.05, 0.1) is 18.8 Å². The number of carbonyl (C=O) groups excluding carboxylic acids is 2. The number of hydrogen-bond acceptors (Lipinski definition) is 4. The lowest BCUT2D eigenvalue weighted by molar-refractivity contribution is -0.134. The molecule has 0 atom stereocenters. The number of halogens is 3. The van der Waals surface area contributed by atoms with Crippen LogP contribution in [0.3, 0.4) is 0 Å². The fourth-order valence-corrected chi connectivity index (χ4v) is 3.63. The number of piperazine rings is 1. The van der Waals surface area contributed by atoms with Crippen LogP contribution in [-0.2, 0) is 16.1 Å². The molecule has 1 aliphatic heterocycles. The lowest BCUT2D eigenvalue weighted by atomic mass is 10.1. The number of aryl methyl sites for hydroxylation is 1. The Morgan fingerprint density at radius 2 is 1.66 bits per heavy atom. The van der Waals surface area contributed by atoms with Gasteiger partial charge in [0.1, 0.15) is 0 Å². The van der Waals surface area contributed by atoms with Crippen molar-refractivity contribution in [3.8, 4) is 0 Å². The molecule has 6 nitrogen and oxygen atoms in total. The highest BCUT2D eigenvalue weighted by Crippen LogP contribution is 2.19. The van der Waals surface area contributed by atoms with Gasteiger partial charge in [0.2, 0.25) is 11.8 Å². The Hall–Kier alpha value is -2.91. The highest BCUT2D eigenvalue weighted by atomic mass is 19.2. The maximum atomic E-state index is 13.7. The Morgan fingerprint density at radius 3 is 2.34 bits per heavy atom. The molecule has 0 saturated carbocycles. The number of anilines is 1. The van der Waals surface area contributed by atoms with Gasteiger partial charge in [-0.05, 0) is 37.2 Å². The lowest BCUT2D eigenvalue weighted by Gasteiger charge is -2.35. The van der Waals surface area contributed by atoms with Gasteiger partial charge in [-0.2, -0.15) is 0 Å². The third-order valence-electron chi connectivity index (χ3n) is 5.51. The Balaban J connectivity index is 1.43. The van der Waals surface area contributed by atoms with Crippen molar-refractivity contribution in [3.05, 3.63) is 65.0 Å². The van der Waals surface area contributed by atoms with Crippen molar-refractivity contribution >= 4 is 17.5 Å². The Kier molecular flexibility index (Phi) is 7.87. The first-order valence-electron chi connectivity index (χ1n) is 10.4. The predicted octanol–water partition coefficient (Wildman–Crippen LogP) is 2.63. The van der Waals surface area contributed by atoms with E-state index in [1.807, 2.05) is 12.1 Å². The quantitative estimate of drug-likeness (QED) is 0.662. The SMILES string of the molecule is Cc1ccccc1CN1CCN(C(=O)CN(C)CC(=O)Nc2ccc(F)c(F)c2F)CC1. The predicted molar refractivity (Wildman–Crippen MR) is 115 cm³/mol. The van der Waals surface area contributed by atoms with Crippen molar-refractivity contribution in [3.63, 3.8) is 0 Å². The zero-order valence-corrected chi connectivity index (χ0v) is 18.2. The fraction of sp³-hybridized carbons (Fsp3) is 0.391. The van der Waals surface area contributed by atoms with E-state index >= 15 is 0 Å². The van der Waals surface area contributed by atoms with Crippen LogP contribution >= 0.6 is 0 Å². The van der Waals surface area contributed by atoms with E-state index in [9.17, 15) is 22.8 Å². The smallest absolute Gasteiger partial charge is 0.238 e. The molecule has 0 aliphatic carbocycles. The lowest BCUT2D eigenvalue weighted by Crippen LogP contribution is -2.51. The molecule has 2 aromatic carbocycles. The number of amides is 2. The van der Waals surface area contributed by atoms with E-state index in [4.69, 9.17) is 0 Å². The molecule has 0 radical (unpaired) electrons. The number of carbonyl (C=O) groups is 2. The van der Waals surface area contributed by atoms with E-state index in [-0.39, 0.29) is 19.0 Å². The van der Waals surface area contributed by atoms with Crippen LogP contribution in [0.1, 0.15) is 11.1 Å². The number of hydrogen-bond donors (Lipinski definition) is 1. The van der Waals surface area contributed by atoms with Gasteiger partial charge >= 0.3 is 0 Å². The summed E-state index contributed by atoms with van der Waals surface area (Å²) in [7, 11) is 1.59. The largest absolute Gasteiger partial charge is 0.339 e. The van der Waals surface area contributed by atoms with E-state index in [2.05, 4.69) is 29.3 Å². The van der Waals surface area contributed by atoms with Crippen molar-refractivity contribution in [2.75, 3.05) is 51.6 Å². The highest BCUT2D eigenvalue weighted by molar-refractivity contribution is 5.92. The zero-order valence-electron chi connectivity index (χ0n) is 18.2. The molecule has 0 bridgehead atoms. The van der Waals surface area contributed by atoms with Crippen LogP contribution in [0.5, 0.6) is 0 Å². The number of rotatable bonds is 7. The monoisotopic (exact) mass is 448 g/mol. The third kappa shape index (κ3) is 6.08. The summed E-state index contributed by atoms with van der Waals surface area (Å²) in [5, 5.41) is 2.20. The van der Waals surface area contributed by atoms with E-state index in [1.54, 1.807) is 11.9 Å². The van der Waals surface area contributed by atoms with Crippen molar-refractivity contribution in [1.29, 1.82) is 0 Å².